The highest BCUT2D eigenvalue weighted by molar-refractivity contribution is 6.09. The Labute approximate surface area is 159 Å². The highest BCUT2D eigenvalue weighted by Gasteiger charge is 2.18. The van der Waals surface area contributed by atoms with Gasteiger partial charge < -0.3 is 21.9 Å². The topological polar surface area (TPSA) is 115 Å². The minimum Gasteiger partial charge on any atom is -0.398 e. The van der Waals surface area contributed by atoms with Gasteiger partial charge in [-0.2, -0.15) is 0 Å². The molecule has 1 aromatic carbocycles. The highest BCUT2D eigenvalue weighted by Crippen LogP contribution is 2.22. The third-order valence-electron chi connectivity index (χ3n) is 3.86. The van der Waals surface area contributed by atoms with Crippen LogP contribution in [0.1, 0.15) is 31.9 Å². The van der Waals surface area contributed by atoms with Gasteiger partial charge in [-0.25, -0.2) is 10.4 Å². The summed E-state index contributed by atoms with van der Waals surface area (Å²) in [5.41, 5.74) is 15.1. The molecule has 6 N–H and O–H groups in total. The first kappa shape index (κ1) is 20.1. The molecule has 3 rings (SSSR count). The summed E-state index contributed by atoms with van der Waals surface area (Å²) in [5, 5.41) is 11.4. The molecule has 7 heteroatoms. The van der Waals surface area contributed by atoms with Crippen molar-refractivity contribution in [2.75, 3.05) is 12.4 Å². The number of carbonyl (C=O) groups is 1. The quantitative estimate of drug-likeness (QED) is 0.415. The van der Waals surface area contributed by atoms with Crippen molar-refractivity contribution in [3.8, 4) is 0 Å². The predicted molar refractivity (Wildman–Crippen MR) is 110 cm³/mol. The van der Waals surface area contributed by atoms with Crippen LogP contribution in [-0.4, -0.2) is 24.1 Å². The van der Waals surface area contributed by atoms with E-state index in [1.54, 1.807) is 12.1 Å². The first-order valence-corrected chi connectivity index (χ1v) is 8.91. The van der Waals surface area contributed by atoms with E-state index in [1.807, 2.05) is 50.3 Å². The molecule has 2 aliphatic rings. The Bertz CT molecular complexity index is 835. The molecule has 27 heavy (non-hydrogen) atoms. The zero-order valence-corrected chi connectivity index (χ0v) is 15.8. The number of allylic oxidation sites excluding steroid dienone is 5. The van der Waals surface area contributed by atoms with Gasteiger partial charge in [0.05, 0.1) is 5.71 Å². The van der Waals surface area contributed by atoms with Crippen LogP contribution in [0, 0.1) is 11.3 Å². The number of amidine groups is 1. The lowest BCUT2D eigenvalue weighted by atomic mass is 9.93. The maximum Gasteiger partial charge on any atom is 0.221 e. The number of hydrazine groups is 1. The second-order valence-corrected chi connectivity index (χ2v) is 5.76. The van der Waals surface area contributed by atoms with Crippen molar-refractivity contribution >= 4 is 23.1 Å². The number of benzene rings is 1. The minimum atomic E-state index is -0.300. The van der Waals surface area contributed by atoms with Crippen molar-refractivity contribution in [1.82, 2.24) is 16.2 Å². The molecule has 1 aromatic rings. The fourth-order valence-corrected chi connectivity index (χ4v) is 2.68. The van der Waals surface area contributed by atoms with Gasteiger partial charge in [-0.3, -0.25) is 4.79 Å². The van der Waals surface area contributed by atoms with Crippen molar-refractivity contribution < 1.29 is 4.79 Å². The van der Waals surface area contributed by atoms with E-state index in [9.17, 15) is 4.79 Å². The van der Waals surface area contributed by atoms with Crippen LogP contribution in [0.25, 0.3) is 0 Å². The van der Waals surface area contributed by atoms with Crippen molar-refractivity contribution in [3.05, 3.63) is 65.4 Å². The molecule has 1 aliphatic carbocycles. The number of amides is 1. The van der Waals surface area contributed by atoms with Gasteiger partial charge in [-0.15, -0.1) is 0 Å². The molecule has 0 saturated heterocycles. The minimum absolute atomic E-state index is 0.151. The van der Waals surface area contributed by atoms with Crippen molar-refractivity contribution in [3.63, 3.8) is 0 Å². The van der Waals surface area contributed by atoms with Gasteiger partial charge in [0.25, 0.3) is 0 Å². The molecule has 1 aliphatic heterocycles. The summed E-state index contributed by atoms with van der Waals surface area (Å²) in [4.78, 5) is 15.6. The van der Waals surface area contributed by atoms with Crippen molar-refractivity contribution in [2.45, 2.75) is 20.8 Å². The molecule has 0 aromatic heterocycles. The standard InChI is InChI=1S/C18H20N6O.C2H6/c1-11(25)23-14-5-3-2-4-12(8-14)17(20)15-9-13(6-7-16(15)19)18-21-10-22-24-18;1-2/h2-9,12,20,22H,10,19H2,1H3,(H,21,24)(H,23,25);1-2H3. The predicted octanol–water partition coefficient (Wildman–Crippen LogP) is 2.24. The Balaban J connectivity index is 0.00000126. The normalized spacial score (nSPS) is 17.7. The number of hydrogen-bond donors (Lipinski definition) is 5. The number of anilines is 1. The maximum absolute atomic E-state index is 11.3. The number of nitrogens with zero attached hydrogens (tertiary/aromatic N) is 1. The van der Waals surface area contributed by atoms with E-state index >= 15 is 0 Å². The summed E-state index contributed by atoms with van der Waals surface area (Å²) < 4.78 is 0. The molecule has 1 unspecified atom stereocenters. The molecular formula is C20H26N6O. The second-order valence-electron chi connectivity index (χ2n) is 5.76. The van der Waals surface area contributed by atoms with Gasteiger partial charge >= 0.3 is 0 Å². The number of carbonyl (C=O) groups excluding carboxylic acids is 1. The molecular weight excluding hydrogens is 340 g/mol. The molecule has 1 heterocycles. The van der Waals surface area contributed by atoms with Crippen molar-refractivity contribution in [1.29, 1.82) is 5.41 Å². The van der Waals surface area contributed by atoms with Crippen LogP contribution in [0.15, 0.2) is 59.3 Å². The van der Waals surface area contributed by atoms with Crippen LogP contribution in [0.2, 0.25) is 0 Å². The van der Waals surface area contributed by atoms with Crippen LogP contribution < -0.4 is 21.9 Å². The molecule has 142 valence electrons. The van der Waals surface area contributed by atoms with E-state index in [-0.39, 0.29) is 11.8 Å². The molecule has 1 atom stereocenters. The fourth-order valence-electron chi connectivity index (χ4n) is 2.68. The van der Waals surface area contributed by atoms with Crippen LogP contribution in [0.4, 0.5) is 5.69 Å². The lowest BCUT2D eigenvalue weighted by Crippen LogP contribution is -2.30. The molecule has 0 fully saturated rings. The maximum atomic E-state index is 11.3. The second kappa shape index (κ2) is 9.49. The summed E-state index contributed by atoms with van der Waals surface area (Å²) in [5.74, 6) is 0.273. The largest absolute Gasteiger partial charge is 0.398 e. The summed E-state index contributed by atoms with van der Waals surface area (Å²) in [7, 11) is 0. The molecule has 0 saturated carbocycles. The first-order valence-electron chi connectivity index (χ1n) is 8.91. The Hall–Kier alpha value is -3.19. The first-order chi connectivity index (χ1) is 13.0. The lowest BCUT2D eigenvalue weighted by molar-refractivity contribution is -0.118. The molecule has 0 radical (unpaired) electrons. The van der Waals surface area contributed by atoms with E-state index in [4.69, 9.17) is 11.1 Å². The zero-order valence-electron chi connectivity index (χ0n) is 15.8. The fraction of sp³-hybridized carbons (Fsp3) is 0.250. The van der Waals surface area contributed by atoms with Crippen LogP contribution in [0.3, 0.4) is 0 Å². The third kappa shape index (κ3) is 5.15. The van der Waals surface area contributed by atoms with Gasteiger partial charge in [-0.1, -0.05) is 32.1 Å². The van der Waals surface area contributed by atoms with Crippen LogP contribution in [-0.2, 0) is 4.79 Å². The number of hydrogen-bond acceptors (Lipinski definition) is 6. The average molecular weight is 366 g/mol. The smallest absolute Gasteiger partial charge is 0.221 e. The average Bonchev–Trinajstić information content (AvgIpc) is 3.10. The van der Waals surface area contributed by atoms with Gasteiger partial charge in [0.2, 0.25) is 5.91 Å². The summed E-state index contributed by atoms with van der Waals surface area (Å²) in [6, 6.07) is 5.50. The number of nitrogen functional groups attached to an aromatic ring is 1. The van der Waals surface area contributed by atoms with E-state index in [1.165, 1.54) is 6.92 Å². The lowest BCUT2D eigenvalue weighted by Gasteiger charge is -2.15. The Morgan fingerprint density at radius 3 is 2.78 bits per heavy atom. The van der Waals surface area contributed by atoms with E-state index in [0.717, 1.165) is 11.4 Å². The monoisotopic (exact) mass is 366 g/mol. The van der Waals surface area contributed by atoms with E-state index in [2.05, 4.69) is 21.2 Å². The number of rotatable bonds is 4. The van der Waals surface area contributed by atoms with E-state index < -0.39 is 0 Å². The Morgan fingerprint density at radius 1 is 1.33 bits per heavy atom. The SMILES string of the molecule is CC.CC(=O)NC1=CC(C(=N)c2cc(C3=NCNN3)ccc2N)C=CC=C1. The summed E-state index contributed by atoms with van der Waals surface area (Å²) in [6.45, 7) is 5.96. The van der Waals surface area contributed by atoms with Gasteiger partial charge in [0, 0.05) is 35.4 Å². The molecule has 0 spiro atoms. The Morgan fingerprint density at radius 2 is 2.11 bits per heavy atom. The van der Waals surface area contributed by atoms with Gasteiger partial charge in [-0.05, 0) is 30.4 Å². The number of nitrogens with two attached hydrogens (primary N) is 1. The van der Waals surface area contributed by atoms with Crippen LogP contribution in [0.5, 0.6) is 0 Å². The molecule has 0 bridgehead atoms. The number of aliphatic imine (C=N–C) groups is 1. The highest BCUT2D eigenvalue weighted by atomic mass is 16.1. The summed E-state index contributed by atoms with van der Waals surface area (Å²) >= 11 is 0. The van der Waals surface area contributed by atoms with Gasteiger partial charge in [0.15, 0.2) is 0 Å². The summed E-state index contributed by atoms with van der Waals surface area (Å²) in [6.07, 6.45) is 9.22. The third-order valence-corrected chi connectivity index (χ3v) is 3.86. The van der Waals surface area contributed by atoms with Crippen molar-refractivity contribution in [2.24, 2.45) is 10.9 Å². The Kier molecular flexibility index (Phi) is 7.08. The van der Waals surface area contributed by atoms with Gasteiger partial charge in [0.1, 0.15) is 12.5 Å². The molecule has 7 nitrogen and oxygen atoms in total. The van der Waals surface area contributed by atoms with Crippen LogP contribution >= 0.6 is 0 Å². The number of nitrogens with one attached hydrogen (secondary N) is 4. The zero-order chi connectivity index (χ0) is 19.8. The van der Waals surface area contributed by atoms with E-state index in [0.29, 0.717) is 29.3 Å². The molecule has 1 amide bonds.